The maximum absolute atomic E-state index is 12.3. The zero-order chi connectivity index (χ0) is 15.5. The number of nitrogens with one attached hydrogen (secondary N) is 1. The van der Waals surface area contributed by atoms with Gasteiger partial charge in [0.2, 0.25) is 10.0 Å². The first-order valence-corrected chi connectivity index (χ1v) is 8.10. The average molecular weight is 309 g/mol. The van der Waals surface area contributed by atoms with Gasteiger partial charge in [-0.1, -0.05) is 12.1 Å². The van der Waals surface area contributed by atoms with E-state index in [1.165, 1.54) is 0 Å². The minimum atomic E-state index is -3.58. The zero-order valence-electron chi connectivity index (χ0n) is 12.1. The highest BCUT2D eigenvalue weighted by Crippen LogP contribution is 2.18. The Labute approximate surface area is 124 Å². The first kappa shape index (κ1) is 15.7. The van der Waals surface area contributed by atoms with Crippen LogP contribution in [0.1, 0.15) is 16.8 Å². The van der Waals surface area contributed by atoms with Crippen molar-refractivity contribution in [1.82, 2.24) is 14.5 Å². The van der Waals surface area contributed by atoms with E-state index in [4.69, 9.17) is 0 Å². The minimum Gasteiger partial charge on any atom is -0.392 e. The van der Waals surface area contributed by atoms with Crippen molar-refractivity contribution in [3.8, 4) is 0 Å². The third-order valence-electron chi connectivity index (χ3n) is 3.45. The third-order valence-corrected chi connectivity index (χ3v) is 5.06. The molecule has 0 atom stereocenters. The zero-order valence-corrected chi connectivity index (χ0v) is 12.9. The molecule has 0 aliphatic heterocycles. The number of aromatic nitrogens is 2. The standard InChI is InChI=1S/C14H19N3O3S/c1-11-12(10-18)4-3-5-14(11)21(19,20)16-9-7-13-6-8-15-17(13)2/h3-6,8,16,18H,7,9-10H2,1-2H3. The average Bonchev–Trinajstić information content (AvgIpc) is 2.84. The first-order chi connectivity index (χ1) is 9.95. The predicted molar refractivity (Wildman–Crippen MR) is 79.2 cm³/mol. The Morgan fingerprint density at radius 1 is 1.33 bits per heavy atom. The molecule has 0 spiro atoms. The molecule has 0 amide bonds. The summed E-state index contributed by atoms with van der Waals surface area (Å²) in [7, 11) is -1.76. The van der Waals surface area contributed by atoms with Crippen LogP contribution in [0.4, 0.5) is 0 Å². The summed E-state index contributed by atoms with van der Waals surface area (Å²) in [5, 5.41) is 13.3. The van der Waals surface area contributed by atoms with Crippen molar-refractivity contribution < 1.29 is 13.5 Å². The summed E-state index contributed by atoms with van der Waals surface area (Å²) in [4.78, 5) is 0.207. The van der Waals surface area contributed by atoms with E-state index in [1.807, 2.05) is 13.1 Å². The molecule has 1 aromatic heterocycles. The van der Waals surface area contributed by atoms with Crippen molar-refractivity contribution in [3.05, 3.63) is 47.3 Å². The van der Waals surface area contributed by atoms with Crippen molar-refractivity contribution in [1.29, 1.82) is 0 Å². The SMILES string of the molecule is Cc1c(CO)cccc1S(=O)(=O)NCCc1ccnn1C. The van der Waals surface area contributed by atoms with Crippen LogP contribution in [0.15, 0.2) is 35.4 Å². The Hall–Kier alpha value is -1.70. The van der Waals surface area contributed by atoms with E-state index in [0.29, 0.717) is 24.1 Å². The topological polar surface area (TPSA) is 84.2 Å². The number of nitrogens with zero attached hydrogens (tertiary/aromatic N) is 2. The largest absolute Gasteiger partial charge is 0.392 e. The molecular weight excluding hydrogens is 290 g/mol. The number of sulfonamides is 1. The summed E-state index contributed by atoms with van der Waals surface area (Å²) < 4.78 is 28.9. The van der Waals surface area contributed by atoms with Gasteiger partial charge in [0.05, 0.1) is 11.5 Å². The molecule has 0 aliphatic rings. The van der Waals surface area contributed by atoms with Crippen LogP contribution >= 0.6 is 0 Å². The van der Waals surface area contributed by atoms with Crippen molar-refractivity contribution in [2.24, 2.45) is 7.05 Å². The lowest BCUT2D eigenvalue weighted by atomic mass is 10.1. The molecule has 1 heterocycles. The predicted octanol–water partition coefficient (Wildman–Crippen LogP) is 0.742. The molecule has 2 aromatic rings. The Kier molecular flexibility index (Phi) is 4.76. The van der Waals surface area contributed by atoms with Crippen LogP contribution in [0, 0.1) is 6.92 Å². The van der Waals surface area contributed by atoms with E-state index < -0.39 is 10.0 Å². The Bertz CT molecular complexity index is 723. The summed E-state index contributed by atoms with van der Waals surface area (Å²) in [6.07, 6.45) is 2.24. The summed E-state index contributed by atoms with van der Waals surface area (Å²) in [5.41, 5.74) is 2.15. The summed E-state index contributed by atoms with van der Waals surface area (Å²) in [5.74, 6) is 0. The Balaban J connectivity index is 2.10. The van der Waals surface area contributed by atoms with Gasteiger partial charge in [0.1, 0.15) is 0 Å². The van der Waals surface area contributed by atoms with E-state index >= 15 is 0 Å². The molecule has 2 N–H and O–H groups in total. The van der Waals surface area contributed by atoms with Crippen LogP contribution in [-0.2, 0) is 30.1 Å². The van der Waals surface area contributed by atoms with Crippen molar-refractivity contribution in [2.75, 3.05) is 6.54 Å². The highest BCUT2D eigenvalue weighted by atomic mass is 32.2. The van der Waals surface area contributed by atoms with Gasteiger partial charge >= 0.3 is 0 Å². The lowest BCUT2D eigenvalue weighted by molar-refractivity contribution is 0.280. The number of aliphatic hydroxyl groups is 1. The fraction of sp³-hybridized carbons (Fsp3) is 0.357. The van der Waals surface area contributed by atoms with Crippen LogP contribution in [0.5, 0.6) is 0 Å². The fourth-order valence-electron chi connectivity index (χ4n) is 2.16. The molecule has 0 unspecified atom stereocenters. The van der Waals surface area contributed by atoms with Gasteiger partial charge in [0.15, 0.2) is 0 Å². The minimum absolute atomic E-state index is 0.176. The number of benzene rings is 1. The van der Waals surface area contributed by atoms with Gasteiger partial charge in [-0.25, -0.2) is 13.1 Å². The maximum atomic E-state index is 12.3. The number of aryl methyl sites for hydroxylation is 1. The molecule has 7 heteroatoms. The van der Waals surface area contributed by atoms with Crippen LogP contribution in [0.3, 0.4) is 0 Å². The van der Waals surface area contributed by atoms with Gasteiger partial charge in [-0.15, -0.1) is 0 Å². The molecule has 2 rings (SSSR count). The van der Waals surface area contributed by atoms with Gasteiger partial charge in [0, 0.05) is 31.9 Å². The molecule has 0 saturated heterocycles. The van der Waals surface area contributed by atoms with Crippen molar-refractivity contribution in [3.63, 3.8) is 0 Å². The van der Waals surface area contributed by atoms with Gasteiger partial charge in [-0.3, -0.25) is 4.68 Å². The first-order valence-electron chi connectivity index (χ1n) is 6.61. The van der Waals surface area contributed by atoms with Crippen LogP contribution in [0.2, 0.25) is 0 Å². The summed E-state index contributed by atoms with van der Waals surface area (Å²) in [6, 6.07) is 6.74. The quantitative estimate of drug-likeness (QED) is 0.824. The number of hydrogen-bond donors (Lipinski definition) is 2. The molecule has 21 heavy (non-hydrogen) atoms. The second-order valence-electron chi connectivity index (χ2n) is 4.79. The Morgan fingerprint density at radius 3 is 2.71 bits per heavy atom. The van der Waals surface area contributed by atoms with Gasteiger partial charge in [0.25, 0.3) is 0 Å². The molecular formula is C14H19N3O3S. The number of aliphatic hydroxyl groups excluding tert-OH is 1. The van der Waals surface area contributed by atoms with Crippen molar-refractivity contribution in [2.45, 2.75) is 24.8 Å². The highest BCUT2D eigenvalue weighted by molar-refractivity contribution is 7.89. The molecule has 0 aliphatic carbocycles. The molecule has 0 radical (unpaired) electrons. The van der Waals surface area contributed by atoms with Gasteiger partial charge in [-0.2, -0.15) is 5.10 Å². The number of rotatable bonds is 6. The molecule has 0 fully saturated rings. The highest BCUT2D eigenvalue weighted by Gasteiger charge is 2.17. The fourth-order valence-corrected chi connectivity index (χ4v) is 3.48. The second kappa shape index (κ2) is 6.38. The normalized spacial score (nSPS) is 11.8. The molecule has 6 nitrogen and oxygen atoms in total. The lowest BCUT2D eigenvalue weighted by Gasteiger charge is -2.11. The van der Waals surface area contributed by atoms with Crippen LogP contribution in [-0.4, -0.2) is 29.8 Å². The molecule has 1 aromatic carbocycles. The van der Waals surface area contributed by atoms with E-state index in [0.717, 1.165) is 5.69 Å². The van der Waals surface area contributed by atoms with Crippen LogP contribution in [0.25, 0.3) is 0 Å². The summed E-state index contributed by atoms with van der Waals surface area (Å²) in [6.45, 7) is 1.82. The molecule has 0 bridgehead atoms. The van der Waals surface area contributed by atoms with E-state index in [9.17, 15) is 13.5 Å². The van der Waals surface area contributed by atoms with E-state index in [2.05, 4.69) is 9.82 Å². The van der Waals surface area contributed by atoms with Gasteiger partial charge < -0.3 is 5.11 Å². The van der Waals surface area contributed by atoms with E-state index in [-0.39, 0.29) is 11.5 Å². The van der Waals surface area contributed by atoms with Crippen LogP contribution < -0.4 is 4.72 Å². The molecule has 114 valence electrons. The molecule has 0 saturated carbocycles. The van der Waals surface area contributed by atoms with E-state index in [1.54, 1.807) is 36.0 Å². The lowest BCUT2D eigenvalue weighted by Crippen LogP contribution is -2.27. The maximum Gasteiger partial charge on any atom is 0.240 e. The monoisotopic (exact) mass is 309 g/mol. The third kappa shape index (κ3) is 3.49. The van der Waals surface area contributed by atoms with Crippen molar-refractivity contribution >= 4 is 10.0 Å². The van der Waals surface area contributed by atoms with Gasteiger partial charge in [-0.05, 0) is 30.2 Å². The Morgan fingerprint density at radius 2 is 2.10 bits per heavy atom. The second-order valence-corrected chi connectivity index (χ2v) is 6.53. The summed E-state index contributed by atoms with van der Waals surface area (Å²) >= 11 is 0. The smallest absolute Gasteiger partial charge is 0.240 e. The number of hydrogen-bond acceptors (Lipinski definition) is 4.